The summed E-state index contributed by atoms with van der Waals surface area (Å²) in [6, 6.07) is 5.64. The zero-order chi connectivity index (χ0) is 22.9. The molecule has 1 aromatic carbocycles. The molecule has 0 spiro atoms. The van der Waals surface area contributed by atoms with Crippen molar-refractivity contribution in [2.45, 2.75) is 38.0 Å². The number of thiazole rings is 1. The number of hydrogen-bond donors (Lipinski definition) is 3. The van der Waals surface area contributed by atoms with Gasteiger partial charge in [0.15, 0.2) is 10.8 Å². The molecule has 1 aliphatic heterocycles. The Morgan fingerprint density at radius 2 is 2.09 bits per heavy atom. The summed E-state index contributed by atoms with van der Waals surface area (Å²) in [5.41, 5.74) is 0.693. The number of hydrogen-bond acceptors (Lipinski definition) is 6. The second-order valence-electron chi connectivity index (χ2n) is 8.06. The monoisotopic (exact) mass is 462 g/mol. The fraction of sp³-hybridized carbons (Fsp3) is 0.409. The quantitative estimate of drug-likeness (QED) is 0.539. The number of carbonyl (C=O) groups is 1. The van der Waals surface area contributed by atoms with Gasteiger partial charge in [-0.2, -0.15) is 0 Å². The average molecular weight is 463 g/mol. The summed E-state index contributed by atoms with van der Waals surface area (Å²) >= 11 is 1.18. The summed E-state index contributed by atoms with van der Waals surface area (Å²) < 4.78 is 29.7. The third kappa shape index (κ3) is 4.72. The molecule has 0 radical (unpaired) electrons. The van der Waals surface area contributed by atoms with E-state index in [1.807, 2.05) is 0 Å². The van der Waals surface area contributed by atoms with Gasteiger partial charge in [-0.25, -0.2) is 18.6 Å². The van der Waals surface area contributed by atoms with E-state index in [0.29, 0.717) is 26.6 Å². The maximum Gasteiger partial charge on any atom is 0.323 e. The summed E-state index contributed by atoms with van der Waals surface area (Å²) in [6.07, 6.45) is 1.11. The molecule has 0 bridgehead atoms. The maximum absolute atomic E-state index is 15.7. The van der Waals surface area contributed by atoms with Crippen LogP contribution in [0.1, 0.15) is 29.7 Å². The van der Waals surface area contributed by atoms with Gasteiger partial charge in [-0.1, -0.05) is 17.4 Å². The molecular weight excluding hydrogens is 438 g/mol. The van der Waals surface area contributed by atoms with Crippen molar-refractivity contribution in [1.82, 2.24) is 14.9 Å². The van der Waals surface area contributed by atoms with Crippen molar-refractivity contribution in [2.24, 2.45) is 0 Å². The third-order valence-corrected chi connectivity index (χ3v) is 6.58. The largest absolute Gasteiger partial charge is 0.394 e. The smallest absolute Gasteiger partial charge is 0.323 e. The maximum atomic E-state index is 15.7. The molecule has 2 aromatic heterocycles. The number of anilines is 1. The van der Waals surface area contributed by atoms with Gasteiger partial charge in [-0.05, 0) is 36.2 Å². The van der Waals surface area contributed by atoms with E-state index in [1.54, 1.807) is 19.1 Å². The van der Waals surface area contributed by atoms with Crippen LogP contribution < -0.4 is 5.32 Å². The van der Waals surface area contributed by atoms with Gasteiger partial charge in [0.05, 0.1) is 28.6 Å². The van der Waals surface area contributed by atoms with E-state index < -0.39 is 11.8 Å². The first-order valence-corrected chi connectivity index (χ1v) is 11.1. The number of nitrogens with zero attached hydrogens (tertiary/aromatic N) is 3. The van der Waals surface area contributed by atoms with Crippen molar-refractivity contribution in [3.63, 3.8) is 0 Å². The first-order valence-electron chi connectivity index (χ1n) is 10.3. The number of amides is 2. The molecule has 0 saturated carbocycles. The van der Waals surface area contributed by atoms with Crippen LogP contribution in [0, 0.1) is 12.7 Å². The highest BCUT2D eigenvalue weighted by atomic mass is 32.1. The predicted molar refractivity (Wildman–Crippen MR) is 118 cm³/mol. The zero-order valence-corrected chi connectivity index (χ0v) is 18.3. The van der Waals surface area contributed by atoms with Crippen LogP contribution in [0.2, 0.25) is 0 Å². The highest BCUT2D eigenvalue weighted by Crippen LogP contribution is 2.38. The number of pyridine rings is 1. The highest BCUT2D eigenvalue weighted by molar-refractivity contribution is 7.22. The third-order valence-electron chi connectivity index (χ3n) is 5.65. The number of aryl methyl sites for hydroxylation is 1. The van der Waals surface area contributed by atoms with E-state index in [-0.39, 0.29) is 50.8 Å². The van der Waals surface area contributed by atoms with Gasteiger partial charge in [-0.3, -0.25) is 10.3 Å². The number of alkyl halides is 1. The van der Waals surface area contributed by atoms with Crippen LogP contribution in [0.3, 0.4) is 0 Å². The molecular formula is C22H24F2N4O3S. The molecule has 2 amide bonds. The fourth-order valence-corrected chi connectivity index (χ4v) is 4.85. The molecule has 1 aliphatic rings. The zero-order valence-electron chi connectivity index (χ0n) is 17.5. The number of fused-ring (bicyclic) bond motifs is 1. The minimum Gasteiger partial charge on any atom is -0.394 e. The topological polar surface area (TPSA) is 98.6 Å². The fourth-order valence-electron chi connectivity index (χ4n) is 3.97. The van der Waals surface area contributed by atoms with Gasteiger partial charge in [0.1, 0.15) is 5.82 Å². The Labute approximate surface area is 187 Å². The molecule has 3 aromatic rings. The summed E-state index contributed by atoms with van der Waals surface area (Å²) in [6.45, 7) is 1.86. The predicted octanol–water partition coefficient (Wildman–Crippen LogP) is 3.53. The Balaban J connectivity index is 1.39. The second-order valence-corrected chi connectivity index (χ2v) is 9.09. The Bertz CT molecular complexity index is 1130. The summed E-state index contributed by atoms with van der Waals surface area (Å²) in [5, 5.41) is 21.7. The average Bonchev–Trinajstić information content (AvgIpc) is 3.15. The van der Waals surface area contributed by atoms with Crippen molar-refractivity contribution in [1.29, 1.82) is 0 Å². The normalized spacial score (nSPS) is 16.8. The van der Waals surface area contributed by atoms with Crippen molar-refractivity contribution >= 4 is 32.7 Å². The molecule has 3 N–H and O–H groups in total. The molecule has 7 nitrogen and oxygen atoms in total. The molecule has 1 saturated heterocycles. The number of rotatable bonds is 5. The van der Waals surface area contributed by atoms with E-state index in [4.69, 9.17) is 5.11 Å². The highest BCUT2D eigenvalue weighted by Gasteiger charge is 2.40. The molecule has 1 fully saturated rings. The van der Waals surface area contributed by atoms with Gasteiger partial charge in [0.2, 0.25) is 0 Å². The number of aliphatic hydroxyl groups excluding tert-OH is 2. The number of aliphatic hydroxyl groups is 2. The Kier molecular flexibility index (Phi) is 6.36. The van der Waals surface area contributed by atoms with Gasteiger partial charge in [0.25, 0.3) is 0 Å². The van der Waals surface area contributed by atoms with Crippen LogP contribution in [0.5, 0.6) is 0 Å². The molecule has 1 atom stereocenters. The molecule has 0 unspecified atom stereocenters. The van der Waals surface area contributed by atoms with Crippen LogP contribution in [0.15, 0.2) is 30.5 Å². The van der Waals surface area contributed by atoms with E-state index >= 15 is 4.39 Å². The Morgan fingerprint density at radius 1 is 1.34 bits per heavy atom. The number of likely N-dealkylation sites (tertiary alicyclic amines) is 1. The number of aromatic nitrogens is 2. The lowest BCUT2D eigenvalue weighted by Gasteiger charge is -2.36. The van der Waals surface area contributed by atoms with Crippen molar-refractivity contribution in [3.8, 4) is 0 Å². The lowest BCUT2D eigenvalue weighted by atomic mass is 9.87. The molecule has 10 heteroatoms. The number of nitrogens with one attached hydrogen (secondary N) is 1. The SMILES string of the molecule is Cc1cc(C[C@@H](O)CO)cnc1C1(F)CCN(C(=O)Nc2nc3ccc(F)cc3s2)CC1. The summed E-state index contributed by atoms with van der Waals surface area (Å²) in [5.74, 6) is -0.365. The second kappa shape index (κ2) is 9.05. The van der Waals surface area contributed by atoms with E-state index in [2.05, 4.69) is 15.3 Å². The molecule has 170 valence electrons. The Morgan fingerprint density at radius 3 is 2.78 bits per heavy atom. The Hall–Kier alpha value is -2.69. The van der Waals surface area contributed by atoms with Crippen molar-refractivity contribution in [3.05, 3.63) is 53.1 Å². The van der Waals surface area contributed by atoms with Gasteiger partial charge < -0.3 is 15.1 Å². The van der Waals surface area contributed by atoms with Crippen LogP contribution in [0.4, 0.5) is 18.7 Å². The van der Waals surface area contributed by atoms with Gasteiger partial charge in [0, 0.05) is 38.5 Å². The van der Waals surface area contributed by atoms with Crippen LogP contribution >= 0.6 is 11.3 Å². The molecule has 32 heavy (non-hydrogen) atoms. The lowest BCUT2D eigenvalue weighted by Crippen LogP contribution is -2.45. The van der Waals surface area contributed by atoms with E-state index in [1.165, 1.54) is 34.6 Å². The summed E-state index contributed by atoms with van der Waals surface area (Å²) in [4.78, 5) is 22.8. The van der Waals surface area contributed by atoms with E-state index in [0.717, 1.165) is 5.56 Å². The van der Waals surface area contributed by atoms with Gasteiger partial charge in [-0.15, -0.1) is 0 Å². The number of benzene rings is 1. The number of halogens is 2. The standard InChI is InChI=1S/C22H24F2N4O3S/c1-13-8-14(9-16(30)12-29)11-25-19(13)22(24)4-6-28(7-5-22)21(31)27-20-26-17-3-2-15(23)10-18(17)32-20/h2-3,8,10-11,16,29-30H,4-7,9,12H2,1H3,(H,26,27,31)/t16-/m1/s1. The van der Waals surface area contributed by atoms with Crippen LogP contribution in [0.25, 0.3) is 10.2 Å². The number of piperidine rings is 1. The van der Waals surface area contributed by atoms with Gasteiger partial charge >= 0.3 is 6.03 Å². The molecule has 4 rings (SSSR count). The number of carbonyl (C=O) groups excluding carboxylic acids is 1. The van der Waals surface area contributed by atoms with Crippen molar-refractivity contribution in [2.75, 3.05) is 25.0 Å². The van der Waals surface area contributed by atoms with Crippen LogP contribution in [-0.2, 0) is 12.1 Å². The molecule has 0 aliphatic carbocycles. The molecule has 3 heterocycles. The first kappa shape index (κ1) is 22.5. The summed E-state index contributed by atoms with van der Waals surface area (Å²) in [7, 11) is 0. The number of urea groups is 1. The minimum atomic E-state index is -1.65. The van der Waals surface area contributed by atoms with E-state index in [9.17, 15) is 14.3 Å². The lowest BCUT2D eigenvalue weighted by molar-refractivity contribution is 0.0676. The van der Waals surface area contributed by atoms with Crippen molar-refractivity contribution < 1.29 is 23.8 Å². The minimum absolute atomic E-state index is 0.109. The first-order chi connectivity index (χ1) is 15.3. The van der Waals surface area contributed by atoms with Crippen LogP contribution in [-0.4, -0.2) is 56.9 Å².